The van der Waals surface area contributed by atoms with E-state index in [-0.39, 0.29) is 0 Å². The Bertz CT molecular complexity index is 760. The predicted octanol–water partition coefficient (Wildman–Crippen LogP) is 6.73. The van der Waals surface area contributed by atoms with Crippen LogP contribution in [0.1, 0.15) is 45.4 Å². The van der Waals surface area contributed by atoms with Gasteiger partial charge in [0.05, 0.1) is 6.61 Å². The lowest BCUT2D eigenvalue weighted by Crippen LogP contribution is -1.98. The molecule has 0 heterocycles. The molecule has 3 aromatic carbocycles. The first kappa shape index (κ1) is 15.9. The average molecular weight is 306 g/mol. The molecule has 0 unspecified atom stereocenters. The van der Waals surface area contributed by atoms with E-state index in [1.165, 1.54) is 53.6 Å². The minimum absolute atomic E-state index is 0.818. The van der Waals surface area contributed by atoms with Gasteiger partial charge in [0.15, 0.2) is 0 Å². The van der Waals surface area contributed by atoms with Crippen LogP contribution in [0.3, 0.4) is 0 Å². The molecule has 0 aromatic heterocycles. The molecule has 0 spiro atoms. The summed E-state index contributed by atoms with van der Waals surface area (Å²) in [6.45, 7) is 3.07. The van der Waals surface area contributed by atoms with Crippen molar-refractivity contribution in [3.63, 3.8) is 0 Å². The van der Waals surface area contributed by atoms with Crippen LogP contribution in [0.15, 0.2) is 54.6 Å². The van der Waals surface area contributed by atoms with Gasteiger partial charge in [-0.2, -0.15) is 0 Å². The van der Waals surface area contributed by atoms with Crippen molar-refractivity contribution in [2.24, 2.45) is 0 Å². The zero-order chi connectivity index (χ0) is 15.9. The predicted molar refractivity (Wildman–Crippen MR) is 100 cm³/mol. The molecular formula is C22H26O. The number of ether oxygens (including phenoxy) is 1. The van der Waals surface area contributed by atoms with Crippen LogP contribution in [-0.4, -0.2) is 6.61 Å². The fraction of sp³-hybridized carbons (Fsp3) is 0.364. The quantitative estimate of drug-likeness (QED) is 0.331. The molecule has 23 heavy (non-hydrogen) atoms. The van der Waals surface area contributed by atoms with Crippen molar-refractivity contribution in [3.8, 4) is 5.75 Å². The van der Waals surface area contributed by atoms with E-state index in [1.807, 2.05) is 0 Å². The molecule has 0 radical (unpaired) electrons. The summed E-state index contributed by atoms with van der Waals surface area (Å²) >= 11 is 0. The second-order valence-corrected chi connectivity index (χ2v) is 6.25. The minimum Gasteiger partial charge on any atom is -0.493 e. The van der Waals surface area contributed by atoms with Crippen LogP contribution in [0.25, 0.3) is 21.5 Å². The third-order valence-corrected chi connectivity index (χ3v) is 4.50. The molecule has 0 atom stereocenters. The van der Waals surface area contributed by atoms with Gasteiger partial charge in [-0.1, -0.05) is 87.6 Å². The SMILES string of the molecule is CCCCCCCCOc1cccc2c1ccc1ccccc12. The fourth-order valence-electron chi connectivity index (χ4n) is 3.20. The van der Waals surface area contributed by atoms with Gasteiger partial charge < -0.3 is 4.74 Å². The molecule has 3 aromatic rings. The molecule has 1 heteroatoms. The summed E-state index contributed by atoms with van der Waals surface area (Å²) in [4.78, 5) is 0. The lowest BCUT2D eigenvalue weighted by molar-refractivity contribution is 0.308. The van der Waals surface area contributed by atoms with Crippen LogP contribution in [0.4, 0.5) is 0 Å². The van der Waals surface area contributed by atoms with Gasteiger partial charge in [0.1, 0.15) is 5.75 Å². The van der Waals surface area contributed by atoms with E-state index < -0.39 is 0 Å². The zero-order valence-electron chi connectivity index (χ0n) is 14.1. The zero-order valence-corrected chi connectivity index (χ0v) is 14.1. The molecule has 0 amide bonds. The third-order valence-electron chi connectivity index (χ3n) is 4.50. The molecule has 0 aliphatic heterocycles. The third kappa shape index (κ3) is 3.85. The highest BCUT2D eigenvalue weighted by atomic mass is 16.5. The fourth-order valence-corrected chi connectivity index (χ4v) is 3.20. The van der Waals surface area contributed by atoms with Crippen molar-refractivity contribution in [3.05, 3.63) is 54.6 Å². The summed E-state index contributed by atoms with van der Waals surface area (Å²) in [5.74, 6) is 1.02. The first-order chi connectivity index (χ1) is 11.4. The van der Waals surface area contributed by atoms with Crippen molar-refractivity contribution in [2.75, 3.05) is 6.61 Å². The maximum atomic E-state index is 6.07. The van der Waals surface area contributed by atoms with E-state index in [0.29, 0.717) is 0 Å². The van der Waals surface area contributed by atoms with Gasteiger partial charge in [-0.05, 0) is 28.6 Å². The van der Waals surface area contributed by atoms with Gasteiger partial charge in [-0.15, -0.1) is 0 Å². The van der Waals surface area contributed by atoms with Crippen molar-refractivity contribution < 1.29 is 4.74 Å². The molecule has 0 saturated carbocycles. The summed E-state index contributed by atoms with van der Waals surface area (Å²) < 4.78 is 6.07. The molecule has 0 saturated heterocycles. The first-order valence-corrected chi connectivity index (χ1v) is 8.93. The highest BCUT2D eigenvalue weighted by molar-refractivity contribution is 6.09. The maximum Gasteiger partial charge on any atom is 0.127 e. The summed E-state index contributed by atoms with van der Waals surface area (Å²) in [7, 11) is 0. The molecule has 1 nitrogen and oxygen atoms in total. The van der Waals surface area contributed by atoms with E-state index in [0.717, 1.165) is 18.8 Å². The Labute approximate surface area is 139 Å². The highest BCUT2D eigenvalue weighted by Gasteiger charge is 2.05. The Morgan fingerprint density at radius 1 is 0.652 bits per heavy atom. The van der Waals surface area contributed by atoms with Crippen molar-refractivity contribution in [2.45, 2.75) is 45.4 Å². The highest BCUT2D eigenvalue weighted by Crippen LogP contribution is 2.31. The molecule has 120 valence electrons. The molecule has 0 bridgehead atoms. The van der Waals surface area contributed by atoms with Gasteiger partial charge in [0.2, 0.25) is 0 Å². The Kier molecular flexibility index (Phi) is 5.52. The van der Waals surface area contributed by atoms with Crippen LogP contribution < -0.4 is 4.74 Å². The summed E-state index contributed by atoms with van der Waals surface area (Å²) in [6.07, 6.45) is 7.77. The number of hydrogen-bond acceptors (Lipinski definition) is 1. The minimum atomic E-state index is 0.818. The normalized spacial score (nSPS) is 11.2. The smallest absolute Gasteiger partial charge is 0.127 e. The van der Waals surface area contributed by atoms with Crippen LogP contribution >= 0.6 is 0 Å². The Morgan fingerprint density at radius 3 is 2.35 bits per heavy atom. The molecule has 0 aliphatic rings. The molecule has 0 N–H and O–H groups in total. The summed E-state index contributed by atoms with van der Waals surface area (Å²) in [5, 5.41) is 5.09. The van der Waals surface area contributed by atoms with E-state index >= 15 is 0 Å². The lowest BCUT2D eigenvalue weighted by Gasteiger charge is -2.11. The largest absolute Gasteiger partial charge is 0.493 e. The first-order valence-electron chi connectivity index (χ1n) is 8.93. The number of rotatable bonds is 8. The Hall–Kier alpha value is -2.02. The van der Waals surface area contributed by atoms with Gasteiger partial charge >= 0.3 is 0 Å². The Balaban J connectivity index is 1.68. The summed E-state index contributed by atoms with van der Waals surface area (Å²) in [6, 6.07) is 19.3. The number of benzene rings is 3. The van der Waals surface area contributed by atoms with Gasteiger partial charge in [-0.3, -0.25) is 0 Å². The van der Waals surface area contributed by atoms with Crippen molar-refractivity contribution in [1.82, 2.24) is 0 Å². The van der Waals surface area contributed by atoms with Gasteiger partial charge in [0.25, 0.3) is 0 Å². The number of fused-ring (bicyclic) bond motifs is 3. The molecule has 3 rings (SSSR count). The molecule has 0 fully saturated rings. The van der Waals surface area contributed by atoms with Gasteiger partial charge in [-0.25, -0.2) is 0 Å². The Morgan fingerprint density at radius 2 is 1.43 bits per heavy atom. The monoisotopic (exact) mass is 306 g/mol. The van der Waals surface area contributed by atoms with E-state index in [2.05, 4.69) is 61.5 Å². The number of unbranched alkanes of at least 4 members (excludes halogenated alkanes) is 5. The van der Waals surface area contributed by atoms with E-state index in [4.69, 9.17) is 4.74 Å². The van der Waals surface area contributed by atoms with Gasteiger partial charge in [0, 0.05) is 5.39 Å². The van der Waals surface area contributed by atoms with Crippen molar-refractivity contribution in [1.29, 1.82) is 0 Å². The van der Waals surface area contributed by atoms with Crippen LogP contribution in [0, 0.1) is 0 Å². The second kappa shape index (κ2) is 8.01. The second-order valence-electron chi connectivity index (χ2n) is 6.25. The van der Waals surface area contributed by atoms with Crippen molar-refractivity contribution >= 4 is 21.5 Å². The topological polar surface area (TPSA) is 9.23 Å². The molecule has 0 aliphatic carbocycles. The average Bonchev–Trinajstić information content (AvgIpc) is 2.61. The van der Waals surface area contributed by atoms with Crippen LogP contribution in [-0.2, 0) is 0 Å². The number of hydrogen-bond donors (Lipinski definition) is 0. The summed E-state index contributed by atoms with van der Waals surface area (Å²) in [5.41, 5.74) is 0. The lowest BCUT2D eigenvalue weighted by atomic mass is 10.0. The standard InChI is InChI=1S/C22H26O/c1-2-3-4-5-6-9-17-23-22-14-10-13-20-19-12-8-7-11-18(19)15-16-21(20)22/h7-8,10-16H,2-6,9,17H2,1H3. The van der Waals surface area contributed by atoms with E-state index in [1.54, 1.807) is 0 Å². The van der Waals surface area contributed by atoms with Crippen LogP contribution in [0.5, 0.6) is 5.75 Å². The van der Waals surface area contributed by atoms with E-state index in [9.17, 15) is 0 Å². The van der Waals surface area contributed by atoms with Crippen LogP contribution in [0.2, 0.25) is 0 Å². The maximum absolute atomic E-state index is 6.07. The molecular weight excluding hydrogens is 280 g/mol.